The molecule has 1 aromatic heterocycles. The fourth-order valence-corrected chi connectivity index (χ4v) is 4.10. The highest BCUT2D eigenvalue weighted by Crippen LogP contribution is 2.32. The number of carbonyl (C=O) groups excluding carboxylic acids is 1. The predicted molar refractivity (Wildman–Crippen MR) is 105 cm³/mol. The number of hydrogen-bond acceptors (Lipinski definition) is 3. The minimum atomic E-state index is -0.277. The van der Waals surface area contributed by atoms with Gasteiger partial charge in [-0.15, -0.1) is 12.4 Å². The summed E-state index contributed by atoms with van der Waals surface area (Å²) in [4.78, 5) is 15.1. The minimum Gasteiger partial charge on any atom is -0.337 e. The molecule has 4 rings (SSSR count). The van der Waals surface area contributed by atoms with Gasteiger partial charge in [-0.25, -0.2) is 9.07 Å². The number of rotatable bonds is 2. The van der Waals surface area contributed by atoms with Crippen molar-refractivity contribution in [2.24, 2.45) is 11.1 Å². The van der Waals surface area contributed by atoms with E-state index in [9.17, 15) is 9.18 Å². The first-order valence-electron chi connectivity index (χ1n) is 9.28. The Kier molecular flexibility index (Phi) is 5.32. The molecule has 2 aromatic rings. The van der Waals surface area contributed by atoms with Crippen LogP contribution in [-0.4, -0.2) is 39.7 Å². The summed E-state index contributed by atoms with van der Waals surface area (Å²) < 4.78 is 15.1. The summed E-state index contributed by atoms with van der Waals surface area (Å²) in [6.07, 6.45) is 3.59. The van der Waals surface area contributed by atoms with Crippen LogP contribution in [-0.2, 0) is 12.8 Å². The molecule has 1 fully saturated rings. The molecule has 0 bridgehead atoms. The number of nitrogens with two attached hydrogens (primary N) is 1. The number of likely N-dealkylation sites (tertiary alicyclic amines) is 1. The lowest BCUT2D eigenvalue weighted by Gasteiger charge is -2.42. The highest BCUT2D eigenvalue weighted by molar-refractivity contribution is 5.94. The highest BCUT2D eigenvalue weighted by atomic mass is 35.5. The number of carbonyl (C=O) groups is 1. The SMILES string of the molecule is CC1(C)CN(C(=O)c2nn(-c3ccc(F)cc3)c3c2CCC3)CCC1N.Cl. The summed E-state index contributed by atoms with van der Waals surface area (Å²) in [5.74, 6) is -0.287. The van der Waals surface area contributed by atoms with Crippen LogP contribution in [0.3, 0.4) is 0 Å². The Hall–Kier alpha value is -1.92. The number of amides is 1. The molecular weight excluding hydrogens is 367 g/mol. The van der Waals surface area contributed by atoms with Gasteiger partial charge in [0, 0.05) is 30.4 Å². The second-order valence-corrected chi connectivity index (χ2v) is 8.13. The van der Waals surface area contributed by atoms with Gasteiger partial charge in [0.2, 0.25) is 0 Å². The number of nitrogens with zero attached hydrogens (tertiary/aromatic N) is 3. The van der Waals surface area contributed by atoms with Crippen molar-refractivity contribution < 1.29 is 9.18 Å². The molecular formula is C20H26ClFN4O. The molecule has 5 nitrogen and oxygen atoms in total. The van der Waals surface area contributed by atoms with Crippen LogP contribution in [0.5, 0.6) is 0 Å². The average molecular weight is 393 g/mol. The van der Waals surface area contributed by atoms with Crippen molar-refractivity contribution >= 4 is 18.3 Å². The molecule has 0 spiro atoms. The van der Waals surface area contributed by atoms with Crippen LogP contribution < -0.4 is 5.73 Å². The first-order valence-corrected chi connectivity index (χ1v) is 9.28. The first kappa shape index (κ1) is 19.8. The standard InChI is InChI=1S/C20H25FN4O.ClH/c1-20(2)12-24(11-10-17(20)22)19(26)18-15-4-3-5-16(15)25(23-18)14-8-6-13(21)7-9-14;/h6-9,17H,3-5,10-12,22H2,1-2H3;1H. The van der Waals surface area contributed by atoms with E-state index >= 15 is 0 Å². The molecule has 2 N–H and O–H groups in total. The molecule has 0 saturated carbocycles. The third-order valence-electron chi connectivity index (χ3n) is 5.80. The number of hydrogen-bond donors (Lipinski definition) is 1. The number of fused-ring (bicyclic) bond motifs is 1. The largest absolute Gasteiger partial charge is 0.337 e. The molecule has 2 heterocycles. The lowest BCUT2D eigenvalue weighted by atomic mass is 9.79. The Morgan fingerprint density at radius 3 is 2.63 bits per heavy atom. The normalized spacial score (nSPS) is 20.9. The molecule has 1 atom stereocenters. The molecule has 7 heteroatoms. The van der Waals surface area contributed by atoms with Gasteiger partial charge in [-0.2, -0.15) is 5.10 Å². The molecule has 1 unspecified atom stereocenters. The van der Waals surface area contributed by atoms with Crippen molar-refractivity contribution in [3.8, 4) is 5.69 Å². The zero-order valence-electron chi connectivity index (χ0n) is 15.7. The van der Waals surface area contributed by atoms with Crippen molar-refractivity contribution in [1.82, 2.24) is 14.7 Å². The van der Waals surface area contributed by atoms with Gasteiger partial charge in [0.25, 0.3) is 5.91 Å². The summed E-state index contributed by atoms with van der Waals surface area (Å²) in [5, 5.41) is 4.65. The first-order chi connectivity index (χ1) is 12.4. The molecule has 1 aromatic carbocycles. The monoisotopic (exact) mass is 392 g/mol. The second-order valence-electron chi connectivity index (χ2n) is 8.13. The fraction of sp³-hybridized carbons (Fsp3) is 0.500. The van der Waals surface area contributed by atoms with Gasteiger partial charge in [-0.1, -0.05) is 13.8 Å². The number of aromatic nitrogens is 2. The van der Waals surface area contributed by atoms with Gasteiger partial charge in [0.15, 0.2) is 5.69 Å². The molecule has 1 amide bonds. The molecule has 1 saturated heterocycles. The van der Waals surface area contributed by atoms with E-state index in [0.717, 1.165) is 42.6 Å². The molecule has 2 aliphatic rings. The van der Waals surface area contributed by atoms with Gasteiger partial charge >= 0.3 is 0 Å². The smallest absolute Gasteiger partial charge is 0.274 e. The Balaban J connectivity index is 0.00000210. The molecule has 27 heavy (non-hydrogen) atoms. The van der Waals surface area contributed by atoms with E-state index in [1.54, 1.807) is 12.1 Å². The zero-order chi connectivity index (χ0) is 18.5. The number of benzene rings is 1. The minimum absolute atomic E-state index is 0. The van der Waals surface area contributed by atoms with Crippen LogP contribution in [0, 0.1) is 11.2 Å². The summed E-state index contributed by atoms with van der Waals surface area (Å²) in [7, 11) is 0. The lowest BCUT2D eigenvalue weighted by molar-refractivity contribution is 0.0526. The summed E-state index contributed by atoms with van der Waals surface area (Å²) in [6, 6.07) is 6.37. The Labute approximate surface area is 165 Å². The molecule has 0 radical (unpaired) electrons. The van der Waals surface area contributed by atoms with E-state index in [4.69, 9.17) is 5.73 Å². The van der Waals surface area contributed by atoms with Gasteiger partial charge in [0.1, 0.15) is 5.82 Å². The van der Waals surface area contributed by atoms with Crippen LogP contribution in [0.2, 0.25) is 0 Å². The van der Waals surface area contributed by atoms with Crippen molar-refractivity contribution in [1.29, 1.82) is 0 Å². The lowest BCUT2D eigenvalue weighted by Crippen LogP contribution is -2.54. The maximum absolute atomic E-state index is 13.3. The third-order valence-corrected chi connectivity index (χ3v) is 5.80. The van der Waals surface area contributed by atoms with E-state index < -0.39 is 0 Å². The zero-order valence-corrected chi connectivity index (χ0v) is 16.6. The highest BCUT2D eigenvalue weighted by Gasteiger charge is 2.37. The van der Waals surface area contributed by atoms with Gasteiger partial charge in [-0.3, -0.25) is 4.79 Å². The molecule has 1 aliphatic carbocycles. The van der Waals surface area contributed by atoms with Crippen molar-refractivity contribution in [3.63, 3.8) is 0 Å². The van der Waals surface area contributed by atoms with E-state index in [1.807, 2.05) is 9.58 Å². The summed E-state index contributed by atoms with van der Waals surface area (Å²) in [6.45, 7) is 5.53. The quantitative estimate of drug-likeness (QED) is 0.854. The maximum atomic E-state index is 13.3. The van der Waals surface area contributed by atoms with E-state index in [0.29, 0.717) is 18.8 Å². The van der Waals surface area contributed by atoms with Gasteiger partial charge in [0.05, 0.1) is 5.69 Å². The van der Waals surface area contributed by atoms with E-state index in [-0.39, 0.29) is 35.6 Å². The Bertz CT molecular complexity index is 846. The Morgan fingerprint density at radius 1 is 1.26 bits per heavy atom. The second kappa shape index (κ2) is 7.24. The van der Waals surface area contributed by atoms with Gasteiger partial charge in [-0.05, 0) is 55.4 Å². The predicted octanol–water partition coefficient (Wildman–Crippen LogP) is 3.12. The summed E-state index contributed by atoms with van der Waals surface area (Å²) in [5.41, 5.74) is 9.58. The van der Waals surface area contributed by atoms with Crippen LogP contribution in [0.4, 0.5) is 4.39 Å². The van der Waals surface area contributed by atoms with E-state index in [2.05, 4.69) is 18.9 Å². The van der Waals surface area contributed by atoms with Crippen LogP contribution in [0.25, 0.3) is 5.69 Å². The fourth-order valence-electron chi connectivity index (χ4n) is 4.10. The van der Waals surface area contributed by atoms with Crippen LogP contribution in [0.1, 0.15) is 48.4 Å². The van der Waals surface area contributed by atoms with Crippen molar-refractivity contribution in [2.45, 2.75) is 45.6 Å². The Morgan fingerprint density at radius 2 is 1.96 bits per heavy atom. The molecule has 146 valence electrons. The van der Waals surface area contributed by atoms with Crippen molar-refractivity contribution in [2.75, 3.05) is 13.1 Å². The van der Waals surface area contributed by atoms with Crippen LogP contribution >= 0.6 is 12.4 Å². The maximum Gasteiger partial charge on any atom is 0.274 e. The third kappa shape index (κ3) is 3.48. The van der Waals surface area contributed by atoms with Gasteiger partial charge < -0.3 is 10.6 Å². The summed E-state index contributed by atoms with van der Waals surface area (Å²) >= 11 is 0. The van der Waals surface area contributed by atoms with Crippen molar-refractivity contribution in [3.05, 3.63) is 47.0 Å². The molecule has 1 aliphatic heterocycles. The average Bonchev–Trinajstić information content (AvgIpc) is 3.20. The topological polar surface area (TPSA) is 64.2 Å². The van der Waals surface area contributed by atoms with Crippen LogP contribution in [0.15, 0.2) is 24.3 Å². The number of halogens is 2. The number of piperidine rings is 1. The van der Waals surface area contributed by atoms with E-state index in [1.165, 1.54) is 12.1 Å².